The number of hydrogen-bond donors (Lipinski definition) is 1. The summed E-state index contributed by atoms with van der Waals surface area (Å²) in [5, 5.41) is 10.8. The van der Waals surface area contributed by atoms with Crippen LogP contribution in [0.15, 0.2) is 23.3 Å². The van der Waals surface area contributed by atoms with E-state index in [-0.39, 0.29) is 22.3 Å². The first-order valence-electron chi connectivity index (χ1n) is 13.3. The second kappa shape index (κ2) is 7.82. The van der Waals surface area contributed by atoms with Crippen molar-refractivity contribution in [2.45, 2.75) is 113 Å². The SMILES string of the molecule is CC(C)=CC(=O)CC(C)C1CCC2(C)C3=CCC4C(C)(C)C(O)CCC4(C)C3CCC12C. The highest BCUT2D eigenvalue weighted by molar-refractivity contribution is 5.90. The highest BCUT2D eigenvalue weighted by Crippen LogP contribution is 2.73. The molecule has 0 heterocycles. The molecule has 0 aromatic carbocycles. The predicted octanol–water partition coefficient (Wildman–Crippen LogP) is 7.51. The Balaban J connectivity index is 1.64. The molecule has 180 valence electrons. The summed E-state index contributed by atoms with van der Waals surface area (Å²) in [5.74, 6) is 2.60. The van der Waals surface area contributed by atoms with E-state index in [4.69, 9.17) is 0 Å². The van der Waals surface area contributed by atoms with Crippen molar-refractivity contribution >= 4 is 5.78 Å². The van der Waals surface area contributed by atoms with Crippen LogP contribution in [0, 0.1) is 45.3 Å². The van der Waals surface area contributed by atoms with Gasteiger partial charge in [-0.05, 0) is 110 Å². The molecule has 0 aromatic heterocycles. The van der Waals surface area contributed by atoms with E-state index in [1.54, 1.807) is 5.57 Å². The lowest BCUT2D eigenvalue weighted by Gasteiger charge is -2.64. The van der Waals surface area contributed by atoms with E-state index in [9.17, 15) is 9.90 Å². The molecule has 8 unspecified atom stereocenters. The summed E-state index contributed by atoms with van der Waals surface area (Å²) < 4.78 is 0. The first-order valence-corrected chi connectivity index (χ1v) is 13.3. The molecule has 2 nitrogen and oxygen atoms in total. The largest absolute Gasteiger partial charge is 0.393 e. The van der Waals surface area contributed by atoms with Gasteiger partial charge in [0, 0.05) is 6.42 Å². The van der Waals surface area contributed by atoms with Crippen LogP contribution in [0.25, 0.3) is 0 Å². The molecule has 0 bridgehead atoms. The Morgan fingerprint density at radius 3 is 2.44 bits per heavy atom. The molecule has 3 fully saturated rings. The van der Waals surface area contributed by atoms with Gasteiger partial charge in [0.1, 0.15) is 0 Å². The molecule has 32 heavy (non-hydrogen) atoms. The third-order valence-corrected chi connectivity index (χ3v) is 11.5. The Kier molecular flexibility index (Phi) is 5.93. The van der Waals surface area contributed by atoms with Gasteiger partial charge in [0.15, 0.2) is 5.78 Å². The van der Waals surface area contributed by atoms with E-state index in [0.29, 0.717) is 41.3 Å². The molecule has 0 radical (unpaired) electrons. The molecule has 0 aliphatic heterocycles. The van der Waals surface area contributed by atoms with Gasteiger partial charge in [0.2, 0.25) is 0 Å². The van der Waals surface area contributed by atoms with Crippen molar-refractivity contribution in [2.75, 3.05) is 0 Å². The number of rotatable bonds is 4. The molecule has 0 aromatic rings. The third-order valence-electron chi connectivity index (χ3n) is 11.5. The van der Waals surface area contributed by atoms with Crippen molar-refractivity contribution in [3.05, 3.63) is 23.3 Å². The van der Waals surface area contributed by atoms with Crippen molar-refractivity contribution in [1.29, 1.82) is 0 Å². The number of fused-ring (bicyclic) bond motifs is 5. The van der Waals surface area contributed by atoms with E-state index in [0.717, 1.165) is 24.8 Å². The minimum atomic E-state index is -0.171. The normalized spacial score (nSPS) is 45.7. The van der Waals surface area contributed by atoms with Crippen molar-refractivity contribution in [2.24, 2.45) is 45.3 Å². The highest BCUT2D eigenvalue weighted by Gasteiger charge is 2.65. The first-order chi connectivity index (χ1) is 14.8. The monoisotopic (exact) mass is 440 g/mol. The highest BCUT2D eigenvalue weighted by atomic mass is 16.3. The number of carbonyl (C=O) groups is 1. The summed E-state index contributed by atoms with van der Waals surface area (Å²) in [6.45, 7) is 18.7. The van der Waals surface area contributed by atoms with Gasteiger partial charge >= 0.3 is 0 Å². The Labute approximate surface area is 197 Å². The van der Waals surface area contributed by atoms with Gasteiger partial charge in [-0.1, -0.05) is 58.8 Å². The summed E-state index contributed by atoms with van der Waals surface area (Å²) >= 11 is 0. The zero-order valence-corrected chi connectivity index (χ0v) is 22.1. The van der Waals surface area contributed by atoms with Gasteiger partial charge in [-0.2, -0.15) is 0 Å². The maximum Gasteiger partial charge on any atom is 0.155 e. The van der Waals surface area contributed by atoms with Gasteiger partial charge in [0.05, 0.1) is 6.10 Å². The van der Waals surface area contributed by atoms with Gasteiger partial charge in [-0.3, -0.25) is 4.79 Å². The third kappa shape index (κ3) is 3.33. The van der Waals surface area contributed by atoms with E-state index in [1.165, 1.54) is 25.7 Å². The average molecular weight is 441 g/mol. The average Bonchev–Trinajstić information content (AvgIpc) is 2.96. The number of allylic oxidation sites excluding steroid dienone is 4. The maximum absolute atomic E-state index is 12.6. The Morgan fingerprint density at radius 2 is 1.78 bits per heavy atom. The maximum atomic E-state index is 12.6. The quantitative estimate of drug-likeness (QED) is 0.363. The molecule has 1 N–H and O–H groups in total. The fourth-order valence-electron chi connectivity index (χ4n) is 9.49. The Morgan fingerprint density at radius 1 is 1.09 bits per heavy atom. The molecule has 4 aliphatic carbocycles. The lowest BCUT2D eigenvalue weighted by molar-refractivity contribution is -0.132. The van der Waals surface area contributed by atoms with Gasteiger partial charge in [-0.15, -0.1) is 0 Å². The van der Waals surface area contributed by atoms with Crippen molar-refractivity contribution < 1.29 is 9.90 Å². The molecule has 0 saturated heterocycles. The van der Waals surface area contributed by atoms with Crippen LogP contribution in [0.1, 0.15) is 107 Å². The standard InChI is InChI=1S/C30H48O2/c1-19(2)17-21(31)18-20(3)22-11-15-30(8)24-9-10-25-27(4,5)26(32)13-14-28(25,6)23(24)12-16-29(22,30)7/h9,17,20,22-23,25-26,32H,10-16,18H2,1-8H3. The van der Waals surface area contributed by atoms with Crippen LogP contribution in [0.3, 0.4) is 0 Å². The first kappa shape index (κ1) is 24.2. The minimum Gasteiger partial charge on any atom is -0.393 e. The number of carbonyl (C=O) groups excluding carboxylic acids is 1. The van der Waals surface area contributed by atoms with Crippen molar-refractivity contribution in [3.63, 3.8) is 0 Å². The fourth-order valence-corrected chi connectivity index (χ4v) is 9.49. The zero-order valence-electron chi connectivity index (χ0n) is 22.1. The molecule has 3 saturated carbocycles. The molecule has 8 atom stereocenters. The molecular formula is C30H48O2. The number of hydrogen-bond acceptors (Lipinski definition) is 2. The van der Waals surface area contributed by atoms with Crippen LogP contribution in [-0.4, -0.2) is 17.0 Å². The molecular weight excluding hydrogens is 392 g/mol. The van der Waals surface area contributed by atoms with Crippen LogP contribution in [0.4, 0.5) is 0 Å². The number of aliphatic hydroxyl groups is 1. The van der Waals surface area contributed by atoms with Gasteiger partial charge in [0.25, 0.3) is 0 Å². The minimum absolute atomic E-state index is 0.00526. The lowest BCUT2D eigenvalue weighted by atomic mass is 9.41. The molecule has 0 amide bonds. The van der Waals surface area contributed by atoms with Crippen LogP contribution >= 0.6 is 0 Å². The summed E-state index contributed by atoms with van der Waals surface area (Å²) in [6, 6.07) is 0. The number of aliphatic hydroxyl groups excluding tert-OH is 1. The second-order valence-electron chi connectivity index (χ2n) is 13.7. The topological polar surface area (TPSA) is 37.3 Å². The Hall–Kier alpha value is -0.890. The molecule has 0 spiro atoms. The van der Waals surface area contributed by atoms with Crippen LogP contribution < -0.4 is 0 Å². The smallest absolute Gasteiger partial charge is 0.155 e. The van der Waals surface area contributed by atoms with Crippen molar-refractivity contribution in [1.82, 2.24) is 0 Å². The van der Waals surface area contributed by atoms with Gasteiger partial charge in [-0.25, -0.2) is 0 Å². The number of ketones is 1. The van der Waals surface area contributed by atoms with Crippen LogP contribution in [0.2, 0.25) is 0 Å². The molecule has 2 heteroatoms. The molecule has 4 aliphatic rings. The van der Waals surface area contributed by atoms with E-state index < -0.39 is 0 Å². The van der Waals surface area contributed by atoms with Crippen LogP contribution in [0.5, 0.6) is 0 Å². The van der Waals surface area contributed by atoms with Crippen LogP contribution in [-0.2, 0) is 4.79 Å². The summed E-state index contributed by atoms with van der Waals surface area (Å²) in [7, 11) is 0. The summed E-state index contributed by atoms with van der Waals surface area (Å²) in [4.78, 5) is 12.6. The summed E-state index contributed by atoms with van der Waals surface area (Å²) in [5.41, 5.74) is 3.70. The second-order valence-corrected chi connectivity index (χ2v) is 13.7. The molecule has 4 rings (SSSR count). The summed E-state index contributed by atoms with van der Waals surface area (Å²) in [6.07, 6.45) is 13.3. The zero-order chi connectivity index (χ0) is 23.7. The van der Waals surface area contributed by atoms with E-state index >= 15 is 0 Å². The van der Waals surface area contributed by atoms with Crippen molar-refractivity contribution in [3.8, 4) is 0 Å². The lowest BCUT2D eigenvalue weighted by Crippen LogP contribution is -2.58. The van der Waals surface area contributed by atoms with E-state index in [1.807, 2.05) is 19.9 Å². The Bertz CT molecular complexity index is 830. The van der Waals surface area contributed by atoms with E-state index in [2.05, 4.69) is 47.6 Å². The fraction of sp³-hybridized carbons (Fsp3) is 0.833. The predicted molar refractivity (Wildman–Crippen MR) is 133 cm³/mol. The van der Waals surface area contributed by atoms with Gasteiger partial charge < -0.3 is 5.11 Å².